The van der Waals surface area contributed by atoms with E-state index in [0.29, 0.717) is 29.2 Å². The number of nitrogens with one attached hydrogen (secondary N) is 1. The molecule has 32 heavy (non-hydrogen) atoms. The van der Waals surface area contributed by atoms with Gasteiger partial charge in [-0.05, 0) is 60.0 Å². The number of benzene rings is 3. The van der Waals surface area contributed by atoms with Crippen LogP contribution in [-0.4, -0.2) is 19.0 Å². The monoisotopic (exact) mass is 426 g/mol. The maximum atomic E-state index is 12.5. The summed E-state index contributed by atoms with van der Waals surface area (Å²) >= 11 is 0. The summed E-state index contributed by atoms with van der Waals surface area (Å²) < 4.78 is 10.4. The Labute approximate surface area is 186 Å². The second-order valence-corrected chi connectivity index (χ2v) is 6.99. The summed E-state index contributed by atoms with van der Waals surface area (Å²) in [5.41, 5.74) is 3.68. The first-order chi connectivity index (χ1) is 15.5. The number of methoxy groups -OCH3 is 1. The molecule has 0 saturated heterocycles. The molecule has 0 bridgehead atoms. The Morgan fingerprint density at radius 2 is 1.69 bits per heavy atom. The summed E-state index contributed by atoms with van der Waals surface area (Å²) in [6, 6.07) is 23.4. The molecule has 0 aliphatic rings. The van der Waals surface area contributed by atoms with E-state index in [-0.39, 0.29) is 11.5 Å². The number of amides is 1. The van der Waals surface area contributed by atoms with Crippen LogP contribution in [0.1, 0.15) is 27.0 Å². The van der Waals surface area contributed by atoms with Gasteiger partial charge in [0.05, 0.1) is 12.7 Å². The number of aryl methyl sites for hydroxylation is 1. The summed E-state index contributed by atoms with van der Waals surface area (Å²) in [5, 5.41) is 12.2. The van der Waals surface area contributed by atoms with Crippen LogP contribution in [0.3, 0.4) is 0 Å². The molecule has 0 heterocycles. The number of rotatable bonds is 7. The number of anilines is 1. The molecule has 0 saturated carbocycles. The SMILES string of the molecule is COC(=O)c1ccc(COc2ccc(/C=C(\C#N)C(=O)Nc3ccccc3C)cc2)cc1. The molecule has 0 spiro atoms. The number of nitriles is 1. The first-order valence-corrected chi connectivity index (χ1v) is 9.89. The predicted octanol–water partition coefficient (Wildman–Crippen LogP) is 4.91. The molecule has 1 N–H and O–H groups in total. The van der Waals surface area contributed by atoms with Gasteiger partial charge in [0, 0.05) is 5.69 Å². The Bertz CT molecular complexity index is 1170. The summed E-state index contributed by atoms with van der Waals surface area (Å²) in [4.78, 5) is 23.9. The zero-order valence-corrected chi connectivity index (χ0v) is 17.8. The highest BCUT2D eigenvalue weighted by atomic mass is 16.5. The van der Waals surface area contributed by atoms with Crippen LogP contribution in [0.5, 0.6) is 5.75 Å². The maximum Gasteiger partial charge on any atom is 0.337 e. The third kappa shape index (κ3) is 5.83. The highest BCUT2D eigenvalue weighted by Gasteiger charge is 2.11. The van der Waals surface area contributed by atoms with E-state index in [2.05, 4.69) is 10.1 Å². The Morgan fingerprint density at radius 3 is 2.31 bits per heavy atom. The molecular formula is C26H22N2O4. The van der Waals surface area contributed by atoms with E-state index in [9.17, 15) is 14.9 Å². The number of ether oxygens (including phenoxy) is 2. The molecule has 0 radical (unpaired) electrons. The largest absolute Gasteiger partial charge is 0.489 e. The van der Waals surface area contributed by atoms with Gasteiger partial charge in [-0.25, -0.2) is 4.79 Å². The highest BCUT2D eigenvalue weighted by molar-refractivity contribution is 6.09. The molecule has 0 aromatic heterocycles. The molecule has 3 aromatic carbocycles. The molecule has 160 valence electrons. The average Bonchev–Trinajstić information content (AvgIpc) is 2.83. The summed E-state index contributed by atoms with van der Waals surface area (Å²) in [7, 11) is 1.34. The number of carbonyl (C=O) groups is 2. The lowest BCUT2D eigenvalue weighted by Gasteiger charge is -2.08. The smallest absolute Gasteiger partial charge is 0.337 e. The fraction of sp³-hybridized carbons (Fsp3) is 0.115. The van der Waals surface area contributed by atoms with Gasteiger partial charge in [0.1, 0.15) is 24.0 Å². The van der Waals surface area contributed by atoms with Crippen LogP contribution >= 0.6 is 0 Å². The van der Waals surface area contributed by atoms with Crippen molar-refractivity contribution in [2.45, 2.75) is 13.5 Å². The molecule has 0 fully saturated rings. The third-order valence-electron chi connectivity index (χ3n) is 4.73. The quantitative estimate of drug-likeness (QED) is 0.330. The van der Waals surface area contributed by atoms with E-state index in [4.69, 9.17) is 4.74 Å². The van der Waals surface area contributed by atoms with Gasteiger partial charge >= 0.3 is 5.97 Å². The lowest BCUT2D eigenvalue weighted by Crippen LogP contribution is -2.14. The first-order valence-electron chi connectivity index (χ1n) is 9.89. The summed E-state index contributed by atoms with van der Waals surface area (Å²) in [6.45, 7) is 2.22. The van der Waals surface area contributed by atoms with Crippen molar-refractivity contribution in [3.63, 3.8) is 0 Å². The number of hydrogen-bond acceptors (Lipinski definition) is 5. The zero-order chi connectivity index (χ0) is 22.9. The van der Waals surface area contributed by atoms with Crippen molar-refractivity contribution in [3.8, 4) is 11.8 Å². The highest BCUT2D eigenvalue weighted by Crippen LogP contribution is 2.18. The van der Waals surface area contributed by atoms with Gasteiger partial charge in [-0.1, -0.05) is 42.5 Å². The Morgan fingerprint density at radius 1 is 1.00 bits per heavy atom. The van der Waals surface area contributed by atoms with Gasteiger partial charge in [-0.2, -0.15) is 5.26 Å². The van der Waals surface area contributed by atoms with Gasteiger partial charge in [0.25, 0.3) is 5.91 Å². The molecule has 0 atom stereocenters. The molecule has 0 unspecified atom stereocenters. The summed E-state index contributed by atoms with van der Waals surface area (Å²) in [6.07, 6.45) is 1.53. The van der Waals surface area contributed by atoms with Crippen molar-refractivity contribution in [2.75, 3.05) is 12.4 Å². The van der Waals surface area contributed by atoms with E-state index in [1.54, 1.807) is 54.6 Å². The molecule has 3 aromatic rings. The topological polar surface area (TPSA) is 88.4 Å². The van der Waals surface area contributed by atoms with Crippen LogP contribution in [0.2, 0.25) is 0 Å². The minimum Gasteiger partial charge on any atom is -0.489 e. The maximum absolute atomic E-state index is 12.5. The van der Waals surface area contributed by atoms with Crippen molar-refractivity contribution in [3.05, 3.63) is 101 Å². The number of carbonyl (C=O) groups excluding carboxylic acids is 2. The zero-order valence-electron chi connectivity index (χ0n) is 17.8. The van der Waals surface area contributed by atoms with Crippen LogP contribution in [0.25, 0.3) is 6.08 Å². The van der Waals surface area contributed by atoms with E-state index >= 15 is 0 Å². The second-order valence-electron chi connectivity index (χ2n) is 6.99. The van der Waals surface area contributed by atoms with Gasteiger partial charge in [-0.3, -0.25) is 4.79 Å². The van der Waals surface area contributed by atoms with Gasteiger partial charge < -0.3 is 14.8 Å². The number of esters is 1. The lowest BCUT2D eigenvalue weighted by molar-refractivity contribution is -0.112. The van der Waals surface area contributed by atoms with Crippen LogP contribution in [0.4, 0.5) is 5.69 Å². The molecule has 6 nitrogen and oxygen atoms in total. The van der Waals surface area contributed by atoms with Crippen molar-refractivity contribution < 1.29 is 19.1 Å². The van der Waals surface area contributed by atoms with Crippen molar-refractivity contribution in [1.29, 1.82) is 5.26 Å². The van der Waals surface area contributed by atoms with Crippen LogP contribution in [0, 0.1) is 18.3 Å². The third-order valence-corrected chi connectivity index (χ3v) is 4.73. The molecule has 0 aliphatic carbocycles. The van der Waals surface area contributed by atoms with Gasteiger partial charge in [-0.15, -0.1) is 0 Å². The average molecular weight is 426 g/mol. The standard InChI is InChI=1S/C26H22N2O4/c1-18-5-3-4-6-24(18)28-25(29)22(16-27)15-19-9-13-23(14-10-19)32-17-20-7-11-21(12-8-20)26(30)31-2/h3-15H,17H2,1-2H3,(H,28,29)/b22-15+. The number of hydrogen-bond donors (Lipinski definition) is 1. The van der Waals surface area contributed by atoms with Crippen LogP contribution < -0.4 is 10.1 Å². The van der Waals surface area contributed by atoms with Crippen molar-refractivity contribution in [2.24, 2.45) is 0 Å². The Kier molecular flexibility index (Phi) is 7.39. The number of para-hydroxylation sites is 1. The number of nitrogens with zero attached hydrogens (tertiary/aromatic N) is 1. The molecular weight excluding hydrogens is 404 g/mol. The van der Waals surface area contributed by atoms with E-state index < -0.39 is 5.91 Å². The molecule has 3 rings (SSSR count). The van der Waals surface area contributed by atoms with Crippen LogP contribution in [-0.2, 0) is 16.1 Å². The van der Waals surface area contributed by atoms with Gasteiger partial charge in [0.2, 0.25) is 0 Å². The molecule has 1 amide bonds. The van der Waals surface area contributed by atoms with Crippen molar-refractivity contribution >= 4 is 23.6 Å². The minimum atomic E-state index is -0.461. The van der Waals surface area contributed by atoms with E-state index in [0.717, 1.165) is 11.1 Å². The van der Waals surface area contributed by atoms with E-state index in [1.165, 1.54) is 13.2 Å². The fourth-order valence-corrected chi connectivity index (χ4v) is 2.90. The van der Waals surface area contributed by atoms with Crippen molar-refractivity contribution in [1.82, 2.24) is 0 Å². The lowest BCUT2D eigenvalue weighted by atomic mass is 10.1. The minimum absolute atomic E-state index is 0.00705. The molecule has 0 aliphatic heterocycles. The fourth-order valence-electron chi connectivity index (χ4n) is 2.90. The normalized spacial score (nSPS) is 10.7. The molecule has 6 heteroatoms. The second kappa shape index (κ2) is 10.6. The van der Waals surface area contributed by atoms with Crippen LogP contribution in [0.15, 0.2) is 78.4 Å². The van der Waals surface area contributed by atoms with E-state index in [1.807, 2.05) is 31.2 Å². The Hall–Kier alpha value is -4.37. The first kappa shape index (κ1) is 22.3. The Balaban J connectivity index is 1.62. The summed E-state index contributed by atoms with van der Waals surface area (Å²) in [5.74, 6) is -0.204. The predicted molar refractivity (Wildman–Crippen MR) is 122 cm³/mol. The van der Waals surface area contributed by atoms with Gasteiger partial charge in [0.15, 0.2) is 0 Å².